The largest absolute Gasteiger partial charge is 0.291 e. The molecular formula is C13H12BrNOS2. The molecule has 0 bridgehead atoms. The predicted molar refractivity (Wildman–Crippen MR) is 81.3 cm³/mol. The van der Waals surface area contributed by atoms with Crippen molar-refractivity contribution in [2.75, 3.05) is 0 Å². The van der Waals surface area contributed by atoms with Crippen LogP contribution < -0.4 is 4.72 Å². The summed E-state index contributed by atoms with van der Waals surface area (Å²) >= 11 is 6.34. The quantitative estimate of drug-likeness (QED) is 0.828. The highest BCUT2D eigenvalue weighted by atomic mass is 79.9. The van der Waals surface area contributed by atoms with Crippen LogP contribution in [0.4, 0.5) is 0 Å². The van der Waals surface area contributed by atoms with E-state index >= 15 is 0 Å². The molecule has 1 heterocycles. The number of halogens is 1. The van der Waals surface area contributed by atoms with Crippen LogP contribution in [-0.4, -0.2) is 5.91 Å². The molecule has 0 aliphatic carbocycles. The van der Waals surface area contributed by atoms with Crippen LogP contribution in [0, 0.1) is 13.8 Å². The van der Waals surface area contributed by atoms with Gasteiger partial charge in [-0.05, 0) is 65.5 Å². The van der Waals surface area contributed by atoms with Crippen LogP contribution in [0.5, 0.6) is 0 Å². The van der Waals surface area contributed by atoms with Crippen molar-refractivity contribution in [2.45, 2.75) is 18.1 Å². The highest BCUT2D eigenvalue weighted by Crippen LogP contribution is 2.29. The van der Waals surface area contributed by atoms with Crippen LogP contribution in [-0.2, 0) is 0 Å². The second-order valence-electron chi connectivity index (χ2n) is 3.91. The lowest BCUT2D eigenvalue weighted by molar-refractivity contribution is 0.0984. The first kappa shape index (κ1) is 13.6. The molecule has 0 saturated carbocycles. The maximum atomic E-state index is 12.0. The first-order chi connectivity index (χ1) is 8.56. The van der Waals surface area contributed by atoms with Gasteiger partial charge >= 0.3 is 0 Å². The first-order valence-electron chi connectivity index (χ1n) is 5.36. The summed E-state index contributed by atoms with van der Waals surface area (Å²) in [4.78, 5) is 12.0. The summed E-state index contributed by atoms with van der Waals surface area (Å²) in [6, 6.07) is 9.78. The summed E-state index contributed by atoms with van der Waals surface area (Å²) in [7, 11) is 0. The van der Waals surface area contributed by atoms with Gasteiger partial charge in [-0.1, -0.05) is 17.7 Å². The van der Waals surface area contributed by atoms with Crippen molar-refractivity contribution in [1.29, 1.82) is 0 Å². The van der Waals surface area contributed by atoms with E-state index in [0.717, 1.165) is 19.1 Å². The third kappa shape index (κ3) is 3.37. The van der Waals surface area contributed by atoms with Gasteiger partial charge in [0.25, 0.3) is 5.91 Å². The molecule has 94 valence electrons. The molecule has 0 aliphatic rings. The van der Waals surface area contributed by atoms with Gasteiger partial charge in [-0.3, -0.25) is 9.52 Å². The number of hydrogen-bond acceptors (Lipinski definition) is 3. The van der Waals surface area contributed by atoms with Gasteiger partial charge < -0.3 is 0 Å². The lowest BCUT2D eigenvalue weighted by Gasteiger charge is -2.06. The van der Waals surface area contributed by atoms with Gasteiger partial charge in [-0.25, -0.2) is 0 Å². The molecular weight excluding hydrogens is 330 g/mol. The minimum atomic E-state index is -0.0537. The van der Waals surface area contributed by atoms with E-state index in [1.165, 1.54) is 17.5 Å². The number of rotatable bonds is 3. The minimum Gasteiger partial charge on any atom is -0.291 e. The maximum absolute atomic E-state index is 12.0. The fourth-order valence-electron chi connectivity index (χ4n) is 1.57. The minimum absolute atomic E-state index is 0.0537. The van der Waals surface area contributed by atoms with Gasteiger partial charge in [0.1, 0.15) is 0 Å². The highest BCUT2D eigenvalue weighted by Gasteiger charge is 2.09. The van der Waals surface area contributed by atoms with Gasteiger partial charge in [-0.15, -0.1) is 11.3 Å². The molecule has 1 aromatic carbocycles. The van der Waals surface area contributed by atoms with Crippen molar-refractivity contribution in [3.63, 3.8) is 0 Å². The fourth-order valence-corrected chi connectivity index (χ4v) is 4.01. The highest BCUT2D eigenvalue weighted by molar-refractivity contribution is 9.11. The molecule has 2 aromatic rings. The summed E-state index contributed by atoms with van der Waals surface area (Å²) in [5.74, 6) is -0.0537. The fraction of sp³-hybridized carbons (Fsp3) is 0.154. The van der Waals surface area contributed by atoms with Gasteiger partial charge in [0.05, 0.1) is 8.00 Å². The Morgan fingerprint density at radius 3 is 2.67 bits per heavy atom. The molecule has 0 spiro atoms. The van der Waals surface area contributed by atoms with E-state index in [1.54, 1.807) is 11.3 Å². The Morgan fingerprint density at radius 1 is 1.28 bits per heavy atom. The molecule has 0 fully saturated rings. The monoisotopic (exact) mass is 341 g/mol. The standard InChI is InChI=1S/C13H12BrNOS2/c1-8-3-4-10(9(2)7-8)13(16)15-18-12-6-5-11(14)17-12/h3-7H,1-2H3,(H,15,16). The molecule has 1 N–H and O–H groups in total. The third-order valence-electron chi connectivity index (χ3n) is 2.42. The zero-order chi connectivity index (χ0) is 13.1. The lowest BCUT2D eigenvalue weighted by atomic mass is 10.1. The first-order valence-corrected chi connectivity index (χ1v) is 7.78. The summed E-state index contributed by atoms with van der Waals surface area (Å²) in [6.45, 7) is 3.97. The topological polar surface area (TPSA) is 29.1 Å². The van der Waals surface area contributed by atoms with E-state index in [4.69, 9.17) is 0 Å². The van der Waals surface area contributed by atoms with Gasteiger partial charge in [-0.2, -0.15) is 0 Å². The van der Waals surface area contributed by atoms with Crippen LogP contribution in [0.25, 0.3) is 0 Å². The van der Waals surface area contributed by atoms with Crippen molar-refractivity contribution >= 4 is 45.1 Å². The number of nitrogens with one attached hydrogen (secondary N) is 1. The van der Waals surface area contributed by atoms with Crippen LogP contribution in [0.1, 0.15) is 21.5 Å². The van der Waals surface area contributed by atoms with Gasteiger partial charge in [0.15, 0.2) is 0 Å². The van der Waals surface area contributed by atoms with E-state index < -0.39 is 0 Å². The number of thiophene rings is 1. The van der Waals surface area contributed by atoms with Crippen LogP contribution in [0.2, 0.25) is 0 Å². The molecule has 5 heteroatoms. The van der Waals surface area contributed by atoms with Crippen molar-refractivity contribution in [3.05, 3.63) is 50.8 Å². The number of carbonyl (C=O) groups excluding carboxylic acids is 1. The van der Waals surface area contributed by atoms with E-state index in [2.05, 4.69) is 20.7 Å². The van der Waals surface area contributed by atoms with E-state index in [9.17, 15) is 4.79 Å². The Bertz CT molecular complexity index is 580. The second-order valence-corrected chi connectivity index (χ2v) is 7.48. The average molecular weight is 342 g/mol. The summed E-state index contributed by atoms with van der Waals surface area (Å²) < 4.78 is 4.97. The molecule has 0 unspecified atom stereocenters. The van der Waals surface area contributed by atoms with Crippen LogP contribution in [0.15, 0.2) is 38.3 Å². The van der Waals surface area contributed by atoms with Crippen molar-refractivity contribution in [2.24, 2.45) is 0 Å². The molecule has 18 heavy (non-hydrogen) atoms. The van der Waals surface area contributed by atoms with Crippen molar-refractivity contribution in [3.8, 4) is 0 Å². The SMILES string of the molecule is Cc1ccc(C(=O)NSc2ccc(Br)s2)c(C)c1. The Labute approximate surface area is 123 Å². The number of aryl methyl sites for hydroxylation is 2. The van der Waals surface area contributed by atoms with Crippen molar-refractivity contribution < 1.29 is 4.79 Å². The Kier molecular flexibility index (Phi) is 4.48. The molecule has 2 rings (SSSR count). The Balaban J connectivity index is 2.03. The van der Waals surface area contributed by atoms with Crippen LogP contribution >= 0.6 is 39.2 Å². The Morgan fingerprint density at radius 2 is 2.06 bits per heavy atom. The summed E-state index contributed by atoms with van der Waals surface area (Å²) in [5, 5.41) is 0. The van der Waals surface area contributed by atoms with E-state index in [-0.39, 0.29) is 5.91 Å². The molecule has 0 saturated heterocycles. The second kappa shape index (κ2) is 5.91. The third-order valence-corrected chi connectivity index (χ3v) is 4.96. The smallest absolute Gasteiger partial charge is 0.261 e. The van der Waals surface area contributed by atoms with Crippen molar-refractivity contribution in [1.82, 2.24) is 4.72 Å². The number of amides is 1. The summed E-state index contributed by atoms with van der Waals surface area (Å²) in [5.41, 5.74) is 2.89. The van der Waals surface area contributed by atoms with E-state index in [0.29, 0.717) is 0 Å². The predicted octanol–water partition coefficient (Wildman–Crippen LogP) is 4.56. The molecule has 0 radical (unpaired) electrons. The maximum Gasteiger partial charge on any atom is 0.261 e. The zero-order valence-electron chi connectivity index (χ0n) is 9.99. The number of benzene rings is 1. The molecule has 0 aliphatic heterocycles. The normalized spacial score (nSPS) is 10.4. The lowest BCUT2D eigenvalue weighted by Crippen LogP contribution is -2.16. The molecule has 1 aromatic heterocycles. The molecule has 2 nitrogen and oxygen atoms in total. The molecule has 0 atom stereocenters. The van der Waals surface area contributed by atoms with Gasteiger partial charge in [0.2, 0.25) is 0 Å². The van der Waals surface area contributed by atoms with Gasteiger partial charge in [0, 0.05) is 5.56 Å². The number of hydrogen-bond donors (Lipinski definition) is 1. The summed E-state index contributed by atoms with van der Waals surface area (Å²) in [6.07, 6.45) is 0. The average Bonchev–Trinajstić information content (AvgIpc) is 2.72. The molecule has 1 amide bonds. The van der Waals surface area contributed by atoms with Crippen LogP contribution in [0.3, 0.4) is 0 Å². The Hall–Kier alpha value is -0.780. The zero-order valence-corrected chi connectivity index (χ0v) is 13.2. The number of carbonyl (C=O) groups is 1. The van der Waals surface area contributed by atoms with E-state index in [1.807, 2.05) is 44.2 Å².